The standard InChI is InChI=1S/C14H16N.BrH/c1-12-8-6-7-11-15(12)13(2)14-9-4-3-5-10-14;/h3-11,13H,1-2H3;1H/q+1;/p-1. The van der Waals surface area contributed by atoms with Gasteiger partial charge in [-0.15, -0.1) is 0 Å². The number of benzene rings is 1. The van der Waals surface area contributed by atoms with Crippen LogP contribution in [0.1, 0.15) is 24.2 Å². The Bertz CT molecular complexity index is 439. The van der Waals surface area contributed by atoms with Crippen molar-refractivity contribution in [2.24, 2.45) is 0 Å². The Morgan fingerprint density at radius 1 is 0.938 bits per heavy atom. The molecule has 0 bridgehead atoms. The lowest BCUT2D eigenvalue weighted by atomic mass is 10.1. The van der Waals surface area contributed by atoms with Crippen LogP contribution in [0.3, 0.4) is 0 Å². The van der Waals surface area contributed by atoms with Crippen molar-refractivity contribution < 1.29 is 21.5 Å². The molecule has 1 aromatic carbocycles. The fraction of sp³-hybridized carbons (Fsp3) is 0.214. The van der Waals surface area contributed by atoms with Crippen molar-refractivity contribution in [3.05, 3.63) is 66.0 Å². The summed E-state index contributed by atoms with van der Waals surface area (Å²) in [6.45, 7) is 4.36. The molecular formula is C14H16BrN. The third-order valence-electron chi connectivity index (χ3n) is 2.80. The normalized spacial score (nSPS) is 11.6. The van der Waals surface area contributed by atoms with Crippen LogP contribution in [-0.4, -0.2) is 0 Å². The highest BCUT2D eigenvalue weighted by atomic mass is 79.9. The number of halogens is 1. The molecule has 1 unspecified atom stereocenters. The number of aryl methyl sites for hydroxylation is 1. The van der Waals surface area contributed by atoms with E-state index in [-0.39, 0.29) is 17.0 Å². The largest absolute Gasteiger partial charge is 1.00 e. The Morgan fingerprint density at radius 3 is 2.19 bits per heavy atom. The van der Waals surface area contributed by atoms with E-state index in [0.29, 0.717) is 6.04 Å². The first kappa shape index (κ1) is 12.9. The molecule has 1 aromatic heterocycles. The molecular weight excluding hydrogens is 262 g/mol. The predicted molar refractivity (Wildman–Crippen MR) is 61.6 cm³/mol. The van der Waals surface area contributed by atoms with Crippen LogP contribution in [-0.2, 0) is 0 Å². The number of aromatic nitrogens is 1. The molecule has 1 nitrogen and oxygen atoms in total. The first-order valence-corrected chi connectivity index (χ1v) is 5.31. The lowest BCUT2D eigenvalue weighted by Crippen LogP contribution is -3.00. The molecule has 0 fully saturated rings. The Balaban J connectivity index is 0.00000128. The van der Waals surface area contributed by atoms with Crippen LogP contribution in [0.2, 0.25) is 0 Å². The van der Waals surface area contributed by atoms with Crippen LogP contribution in [0, 0.1) is 6.92 Å². The van der Waals surface area contributed by atoms with Gasteiger partial charge < -0.3 is 17.0 Å². The quantitative estimate of drug-likeness (QED) is 0.675. The van der Waals surface area contributed by atoms with Crippen molar-refractivity contribution in [2.75, 3.05) is 0 Å². The van der Waals surface area contributed by atoms with Crippen molar-refractivity contribution in [3.8, 4) is 0 Å². The van der Waals surface area contributed by atoms with E-state index in [4.69, 9.17) is 0 Å². The lowest BCUT2D eigenvalue weighted by Gasteiger charge is -2.08. The molecule has 0 spiro atoms. The minimum absolute atomic E-state index is 0. The van der Waals surface area contributed by atoms with Gasteiger partial charge in [0, 0.05) is 31.5 Å². The molecule has 0 aliphatic carbocycles. The van der Waals surface area contributed by atoms with Gasteiger partial charge in [-0.2, -0.15) is 4.57 Å². The zero-order valence-electron chi connectivity index (χ0n) is 9.60. The van der Waals surface area contributed by atoms with E-state index in [1.807, 2.05) is 0 Å². The van der Waals surface area contributed by atoms with Crippen LogP contribution < -0.4 is 21.5 Å². The summed E-state index contributed by atoms with van der Waals surface area (Å²) in [5, 5.41) is 0. The van der Waals surface area contributed by atoms with E-state index >= 15 is 0 Å². The summed E-state index contributed by atoms with van der Waals surface area (Å²) in [6.07, 6.45) is 2.13. The lowest BCUT2D eigenvalue weighted by molar-refractivity contribution is -0.716. The molecule has 0 aliphatic rings. The number of pyridine rings is 1. The molecule has 0 aliphatic heterocycles. The molecule has 84 valence electrons. The van der Waals surface area contributed by atoms with Gasteiger partial charge in [0.05, 0.1) is 0 Å². The van der Waals surface area contributed by atoms with Gasteiger partial charge in [0.15, 0.2) is 17.9 Å². The summed E-state index contributed by atoms with van der Waals surface area (Å²) in [5.74, 6) is 0. The zero-order chi connectivity index (χ0) is 10.7. The van der Waals surface area contributed by atoms with Gasteiger partial charge in [0.25, 0.3) is 0 Å². The van der Waals surface area contributed by atoms with Crippen molar-refractivity contribution in [1.29, 1.82) is 0 Å². The minimum Gasteiger partial charge on any atom is -1.00 e. The third-order valence-corrected chi connectivity index (χ3v) is 2.80. The second-order valence-corrected chi connectivity index (χ2v) is 3.84. The van der Waals surface area contributed by atoms with Crippen LogP contribution in [0.5, 0.6) is 0 Å². The fourth-order valence-corrected chi connectivity index (χ4v) is 1.87. The molecule has 0 N–H and O–H groups in total. The molecule has 1 atom stereocenters. The van der Waals surface area contributed by atoms with Crippen LogP contribution >= 0.6 is 0 Å². The Labute approximate surface area is 108 Å². The van der Waals surface area contributed by atoms with Crippen molar-refractivity contribution in [2.45, 2.75) is 19.9 Å². The van der Waals surface area contributed by atoms with Gasteiger partial charge in [0.1, 0.15) is 0 Å². The number of rotatable bonds is 2. The second-order valence-electron chi connectivity index (χ2n) is 3.84. The Kier molecular flexibility index (Phi) is 4.69. The van der Waals surface area contributed by atoms with Gasteiger partial charge in [0.2, 0.25) is 0 Å². The number of hydrogen-bond acceptors (Lipinski definition) is 0. The summed E-state index contributed by atoms with van der Waals surface area (Å²) >= 11 is 0. The number of hydrogen-bond donors (Lipinski definition) is 0. The molecule has 0 amide bonds. The van der Waals surface area contributed by atoms with Crippen molar-refractivity contribution in [1.82, 2.24) is 0 Å². The van der Waals surface area contributed by atoms with Crippen molar-refractivity contribution >= 4 is 0 Å². The third kappa shape index (κ3) is 2.70. The molecule has 0 saturated heterocycles. The average molecular weight is 278 g/mol. The summed E-state index contributed by atoms with van der Waals surface area (Å²) in [4.78, 5) is 0. The highest BCUT2D eigenvalue weighted by Gasteiger charge is 2.15. The van der Waals surface area contributed by atoms with Gasteiger partial charge >= 0.3 is 0 Å². The highest BCUT2D eigenvalue weighted by Crippen LogP contribution is 2.11. The van der Waals surface area contributed by atoms with Crippen molar-refractivity contribution in [3.63, 3.8) is 0 Å². The van der Waals surface area contributed by atoms with Crippen LogP contribution in [0.4, 0.5) is 0 Å². The summed E-state index contributed by atoms with van der Waals surface area (Å²) in [6, 6.07) is 17.3. The summed E-state index contributed by atoms with van der Waals surface area (Å²) in [5.41, 5.74) is 2.63. The van der Waals surface area contributed by atoms with E-state index in [1.54, 1.807) is 0 Å². The maximum Gasteiger partial charge on any atom is 0.181 e. The molecule has 0 radical (unpaired) electrons. The first-order chi connectivity index (χ1) is 7.29. The van der Waals surface area contributed by atoms with Gasteiger partial charge in [-0.25, -0.2) is 0 Å². The van der Waals surface area contributed by atoms with E-state index in [0.717, 1.165) is 0 Å². The van der Waals surface area contributed by atoms with Crippen LogP contribution in [0.25, 0.3) is 0 Å². The SMILES string of the molecule is Cc1cccc[n+]1C(C)c1ccccc1.[Br-]. The minimum atomic E-state index is 0. The smallest absolute Gasteiger partial charge is 0.181 e. The van der Waals surface area contributed by atoms with Gasteiger partial charge in [-0.05, 0) is 0 Å². The maximum absolute atomic E-state index is 2.29. The molecule has 0 saturated carbocycles. The predicted octanol–water partition coefficient (Wildman–Crippen LogP) is -0.104. The first-order valence-electron chi connectivity index (χ1n) is 5.31. The zero-order valence-corrected chi connectivity index (χ0v) is 11.2. The maximum atomic E-state index is 2.29. The Morgan fingerprint density at radius 2 is 1.56 bits per heavy atom. The van der Waals surface area contributed by atoms with E-state index in [1.165, 1.54) is 11.3 Å². The molecule has 2 aromatic rings. The number of nitrogens with zero attached hydrogens (tertiary/aromatic N) is 1. The average Bonchev–Trinajstić information content (AvgIpc) is 2.30. The second kappa shape index (κ2) is 5.80. The Hall–Kier alpha value is -1.15. The molecule has 16 heavy (non-hydrogen) atoms. The highest BCUT2D eigenvalue weighted by molar-refractivity contribution is 5.16. The summed E-state index contributed by atoms with van der Waals surface area (Å²) in [7, 11) is 0. The van der Waals surface area contributed by atoms with Gasteiger partial charge in [-0.3, -0.25) is 0 Å². The molecule has 1 heterocycles. The fourth-order valence-electron chi connectivity index (χ4n) is 1.87. The topological polar surface area (TPSA) is 3.88 Å². The van der Waals surface area contributed by atoms with E-state index < -0.39 is 0 Å². The monoisotopic (exact) mass is 277 g/mol. The van der Waals surface area contributed by atoms with Crippen LogP contribution in [0.15, 0.2) is 54.7 Å². The summed E-state index contributed by atoms with van der Waals surface area (Å²) < 4.78 is 2.29. The van der Waals surface area contributed by atoms with Gasteiger partial charge in [-0.1, -0.05) is 36.4 Å². The molecule has 2 heteroatoms. The molecule has 2 rings (SSSR count). The van der Waals surface area contributed by atoms with E-state index in [9.17, 15) is 0 Å². The van der Waals surface area contributed by atoms with E-state index in [2.05, 4.69) is 73.1 Å².